The third-order valence-electron chi connectivity index (χ3n) is 3.53. The molecule has 0 aliphatic carbocycles. The van der Waals surface area contributed by atoms with Crippen LogP contribution < -0.4 is 15.8 Å². The van der Waals surface area contributed by atoms with Gasteiger partial charge in [-0.3, -0.25) is 4.79 Å². The van der Waals surface area contributed by atoms with Crippen molar-refractivity contribution in [2.45, 2.75) is 24.9 Å². The predicted molar refractivity (Wildman–Crippen MR) is 71.9 cm³/mol. The molecule has 1 aliphatic rings. The number of benzene rings is 1. The van der Waals surface area contributed by atoms with Gasteiger partial charge in [-0.15, -0.1) is 0 Å². The number of nitrogens with one attached hydrogen (secondary N) is 1. The van der Waals surface area contributed by atoms with Crippen LogP contribution in [-0.4, -0.2) is 31.8 Å². The largest absolute Gasteiger partial charge is 0.494 e. The Balaban J connectivity index is 2.06. The smallest absolute Gasteiger partial charge is 0.243 e. The van der Waals surface area contributed by atoms with E-state index in [9.17, 15) is 9.18 Å². The van der Waals surface area contributed by atoms with Gasteiger partial charge in [0.25, 0.3) is 0 Å². The second-order valence-electron chi connectivity index (χ2n) is 5.05. The molecule has 3 N–H and O–H groups in total. The maximum Gasteiger partial charge on any atom is 0.243 e. The summed E-state index contributed by atoms with van der Waals surface area (Å²) in [7, 11) is 1.40. The van der Waals surface area contributed by atoms with Crippen molar-refractivity contribution in [3.8, 4) is 5.75 Å². The van der Waals surface area contributed by atoms with Crippen molar-refractivity contribution in [3.63, 3.8) is 0 Å². The molecule has 0 saturated carbocycles. The van der Waals surface area contributed by atoms with Crippen LogP contribution in [0.5, 0.6) is 5.75 Å². The molecule has 2 unspecified atom stereocenters. The van der Waals surface area contributed by atoms with Gasteiger partial charge >= 0.3 is 0 Å². The van der Waals surface area contributed by atoms with E-state index in [1.165, 1.54) is 19.2 Å². The molecule has 1 aromatic carbocycles. The van der Waals surface area contributed by atoms with Gasteiger partial charge in [-0.05, 0) is 31.0 Å². The Morgan fingerprint density at radius 3 is 2.90 bits per heavy atom. The van der Waals surface area contributed by atoms with Gasteiger partial charge in [0.05, 0.1) is 19.8 Å². The first-order chi connectivity index (χ1) is 9.46. The van der Waals surface area contributed by atoms with Crippen LogP contribution in [0.15, 0.2) is 18.2 Å². The maximum atomic E-state index is 13.6. The van der Waals surface area contributed by atoms with Crippen LogP contribution >= 0.6 is 0 Å². The second kappa shape index (κ2) is 5.76. The molecule has 5 nitrogen and oxygen atoms in total. The average Bonchev–Trinajstić information content (AvgIpc) is 2.87. The third kappa shape index (κ3) is 2.91. The van der Waals surface area contributed by atoms with Crippen molar-refractivity contribution in [2.24, 2.45) is 5.73 Å². The van der Waals surface area contributed by atoms with E-state index in [1.807, 2.05) is 0 Å². The van der Waals surface area contributed by atoms with Gasteiger partial charge in [-0.2, -0.15) is 0 Å². The molecule has 1 aliphatic heterocycles. The maximum absolute atomic E-state index is 13.6. The van der Waals surface area contributed by atoms with Gasteiger partial charge in [-0.1, -0.05) is 6.07 Å². The Kier molecular flexibility index (Phi) is 4.25. The van der Waals surface area contributed by atoms with Crippen molar-refractivity contribution < 1.29 is 18.7 Å². The molecular formula is C14H19FN2O3. The number of rotatable bonds is 4. The Hall–Kier alpha value is -1.66. The molecule has 1 amide bonds. The number of carbonyl (C=O) groups is 1. The fourth-order valence-corrected chi connectivity index (χ4v) is 2.14. The van der Waals surface area contributed by atoms with Crippen molar-refractivity contribution in [1.29, 1.82) is 0 Å². The molecule has 0 radical (unpaired) electrons. The summed E-state index contributed by atoms with van der Waals surface area (Å²) in [6.07, 6.45) is 0.489. The topological polar surface area (TPSA) is 73.6 Å². The molecule has 2 atom stereocenters. The van der Waals surface area contributed by atoms with Crippen LogP contribution in [0.3, 0.4) is 0 Å². The number of halogens is 1. The highest BCUT2D eigenvalue weighted by molar-refractivity contribution is 5.86. The van der Waals surface area contributed by atoms with Gasteiger partial charge in [0.2, 0.25) is 5.91 Å². The summed E-state index contributed by atoms with van der Waals surface area (Å²) in [5.74, 6) is -0.566. The lowest BCUT2D eigenvalue weighted by atomic mass is 9.98. The number of hydrogen-bond acceptors (Lipinski definition) is 4. The lowest BCUT2D eigenvalue weighted by Gasteiger charge is -2.24. The fraction of sp³-hybridized carbons (Fsp3) is 0.500. The lowest BCUT2D eigenvalue weighted by Crippen LogP contribution is -2.54. The number of carbonyl (C=O) groups excluding carboxylic acids is 1. The van der Waals surface area contributed by atoms with Crippen LogP contribution in [0.25, 0.3) is 0 Å². The average molecular weight is 282 g/mol. The minimum Gasteiger partial charge on any atom is -0.494 e. The van der Waals surface area contributed by atoms with Crippen LogP contribution in [0.4, 0.5) is 4.39 Å². The molecule has 1 heterocycles. The van der Waals surface area contributed by atoms with E-state index >= 15 is 0 Å². The highest BCUT2D eigenvalue weighted by Gasteiger charge is 2.38. The number of amides is 1. The third-order valence-corrected chi connectivity index (χ3v) is 3.53. The summed E-state index contributed by atoms with van der Waals surface area (Å²) in [5.41, 5.74) is 5.64. The highest BCUT2D eigenvalue weighted by atomic mass is 19.1. The van der Waals surface area contributed by atoms with E-state index in [0.29, 0.717) is 18.6 Å². The molecule has 1 aromatic rings. The Bertz CT molecular complexity index is 501. The summed E-state index contributed by atoms with van der Waals surface area (Å²) in [4.78, 5) is 12.1. The first-order valence-corrected chi connectivity index (χ1v) is 6.47. The van der Waals surface area contributed by atoms with E-state index in [0.717, 1.165) is 0 Å². The summed E-state index contributed by atoms with van der Waals surface area (Å²) in [6.45, 7) is 2.47. The summed E-state index contributed by atoms with van der Waals surface area (Å²) >= 11 is 0. The van der Waals surface area contributed by atoms with E-state index in [2.05, 4.69) is 5.32 Å². The van der Waals surface area contributed by atoms with E-state index < -0.39 is 11.4 Å². The first kappa shape index (κ1) is 14.7. The Morgan fingerprint density at radius 1 is 1.60 bits per heavy atom. The summed E-state index contributed by atoms with van der Waals surface area (Å²) < 4.78 is 23.7. The van der Waals surface area contributed by atoms with Crippen LogP contribution in [0.1, 0.15) is 24.9 Å². The number of nitrogens with two attached hydrogens (primary N) is 1. The monoisotopic (exact) mass is 282 g/mol. The Labute approximate surface area is 117 Å². The summed E-state index contributed by atoms with van der Waals surface area (Å²) in [6, 6.07) is 4.24. The van der Waals surface area contributed by atoms with E-state index in [-0.39, 0.29) is 24.3 Å². The summed E-state index contributed by atoms with van der Waals surface area (Å²) in [5, 5.41) is 2.79. The lowest BCUT2D eigenvalue weighted by molar-refractivity contribution is -0.127. The minimum atomic E-state index is -0.987. The van der Waals surface area contributed by atoms with E-state index in [1.54, 1.807) is 13.0 Å². The first-order valence-electron chi connectivity index (χ1n) is 6.47. The SMILES string of the molecule is COc1ccc(C(C)NC(=O)C2(N)CCOC2)cc1F. The van der Waals surface area contributed by atoms with E-state index in [4.69, 9.17) is 15.2 Å². The van der Waals surface area contributed by atoms with Crippen LogP contribution in [0.2, 0.25) is 0 Å². The fourth-order valence-electron chi connectivity index (χ4n) is 2.14. The Morgan fingerprint density at radius 2 is 2.35 bits per heavy atom. The zero-order chi connectivity index (χ0) is 14.8. The van der Waals surface area contributed by atoms with Crippen molar-refractivity contribution in [2.75, 3.05) is 20.3 Å². The molecule has 20 heavy (non-hydrogen) atoms. The van der Waals surface area contributed by atoms with Gasteiger partial charge in [0.1, 0.15) is 5.54 Å². The molecule has 6 heteroatoms. The number of methoxy groups -OCH3 is 1. The van der Waals surface area contributed by atoms with Crippen molar-refractivity contribution in [1.82, 2.24) is 5.32 Å². The molecule has 0 spiro atoms. The molecule has 1 fully saturated rings. The van der Waals surface area contributed by atoms with Crippen LogP contribution in [0, 0.1) is 5.82 Å². The van der Waals surface area contributed by atoms with Gasteiger partial charge < -0.3 is 20.5 Å². The number of ether oxygens (including phenoxy) is 2. The van der Waals surface area contributed by atoms with Crippen LogP contribution in [-0.2, 0) is 9.53 Å². The van der Waals surface area contributed by atoms with Gasteiger partial charge in [-0.25, -0.2) is 4.39 Å². The molecule has 0 bridgehead atoms. The molecule has 110 valence electrons. The van der Waals surface area contributed by atoms with Gasteiger partial charge in [0, 0.05) is 6.61 Å². The minimum absolute atomic E-state index is 0.173. The highest BCUT2D eigenvalue weighted by Crippen LogP contribution is 2.23. The standard InChI is InChI=1S/C14H19FN2O3/c1-9(10-3-4-12(19-2)11(15)7-10)17-13(18)14(16)5-6-20-8-14/h3-4,7,9H,5-6,8,16H2,1-2H3,(H,17,18). The zero-order valence-corrected chi connectivity index (χ0v) is 11.6. The predicted octanol–water partition coefficient (Wildman–Crippen LogP) is 1.13. The quantitative estimate of drug-likeness (QED) is 0.868. The zero-order valence-electron chi connectivity index (χ0n) is 11.6. The normalized spacial score (nSPS) is 23.4. The second-order valence-corrected chi connectivity index (χ2v) is 5.05. The van der Waals surface area contributed by atoms with Gasteiger partial charge in [0.15, 0.2) is 11.6 Å². The van der Waals surface area contributed by atoms with Crippen molar-refractivity contribution >= 4 is 5.91 Å². The molecule has 1 saturated heterocycles. The van der Waals surface area contributed by atoms with Crippen molar-refractivity contribution in [3.05, 3.63) is 29.6 Å². The molecular weight excluding hydrogens is 263 g/mol. The molecule has 2 rings (SSSR count). The number of hydrogen-bond donors (Lipinski definition) is 2. The molecule has 0 aromatic heterocycles.